The van der Waals surface area contributed by atoms with Gasteiger partial charge < -0.3 is 14.4 Å². The highest BCUT2D eigenvalue weighted by Crippen LogP contribution is 2.46. The predicted molar refractivity (Wildman–Crippen MR) is 73.2 cm³/mol. The summed E-state index contributed by atoms with van der Waals surface area (Å²) in [7, 11) is 0. The Morgan fingerprint density at radius 1 is 1.25 bits per heavy atom. The number of carbonyl (C=O) groups is 1. The molecule has 0 saturated carbocycles. The van der Waals surface area contributed by atoms with E-state index >= 15 is 0 Å². The van der Waals surface area contributed by atoms with Crippen molar-refractivity contribution in [1.82, 2.24) is 0 Å². The number of hydrogen-bond donors (Lipinski definition) is 0. The van der Waals surface area contributed by atoms with Crippen molar-refractivity contribution < 1.29 is 14.3 Å². The van der Waals surface area contributed by atoms with Crippen LogP contribution in [0.5, 0.6) is 0 Å². The molecule has 0 radical (unpaired) electrons. The number of fused-ring (bicyclic) bond motifs is 8. The van der Waals surface area contributed by atoms with Crippen molar-refractivity contribution in [3.05, 3.63) is 35.9 Å². The summed E-state index contributed by atoms with van der Waals surface area (Å²) in [6, 6.07) is 8.63. The van der Waals surface area contributed by atoms with Crippen molar-refractivity contribution in [2.45, 2.75) is 18.4 Å². The zero-order chi connectivity index (χ0) is 13.3. The van der Waals surface area contributed by atoms with Gasteiger partial charge in [-0.1, -0.05) is 30.4 Å². The second kappa shape index (κ2) is 3.71. The Bertz CT molecular complexity index is 626. The van der Waals surface area contributed by atoms with Crippen molar-refractivity contribution >= 4 is 17.5 Å². The molecule has 0 aromatic heterocycles. The second-order valence-electron chi connectivity index (χ2n) is 5.99. The van der Waals surface area contributed by atoms with Gasteiger partial charge in [0.25, 0.3) is 0 Å². The number of Topliss-reactive ketones (excluding diaryl/α,β-unsaturated/α-hetero) is 1. The average Bonchev–Trinajstić information content (AvgIpc) is 3.08. The van der Waals surface area contributed by atoms with Crippen molar-refractivity contribution in [2.24, 2.45) is 11.8 Å². The van der Waals surface area contributed by atoms with Crippen LogP contribution in [0, 0.1) is 11.8 Å². The normalized spacial score (nSPS) is 40.5. The van der Waals surface area contributed by atoms with E-state index in [0.29, 0.717) is 6.61 Å². The maximum absolute atomic E-state index is 12.4. The Morgan fingerprint density at radius 3 is 3.10 bits per heavy atom. The zero-order valence-electron chi connectivity index (χ0n) is 10.9. The van der Waals surface area contributed by atoms with Crippen molar-refractivity contribution in [3.8, 4) is 0 Å². The van der Waals surface area contributed by atoms with Crippen LogP contribution >= 0.6 is 0 Å². The zero-order valence-corrected chi connectivity index (χ0v) is 10.9. The molecule has 0 N–H and O–H groups in total. The van der Waals surface area contributed by atoms with Crippen LogP contribution in [0.1, 0.15) is 5.56 Å². The molecule has 4 aliphatic heterocycles. The molecule has 3 fully saturated rings. The quantitative estimate of drug-likeness (QED) is 0.715. The number of rotatable bonds is 0. The summed E-state index contributed by atoms with van der Waals surface area (Å²) >= 11 is 0. The molecule has 5 rings (SSSR count). The highest BCUT2D eigenvalue weighted by molar-refractivity contribution is 5.88. The molecular weight excluding hydrogens is 254 g/mol. The molecule has 1 aromatic carbocycles. The smallest absolute Gasteiger partial charge is 0.218 e. The molecule has 4 nitrogen and oxygen atoms in total. The lowest BCUT2D eigenvalue weighted by atomic mass is 9.81. The minimum atomic E-state index is -0.609. The van der Waals surface area contributed by atoms with Crippen LogP contribution in [0.25, 0.3) is 6.08 Å². The molecule has 4 aliphatic rings. The van der Waals surface area contributed by atoms with E-state index in [-0.39, 0.29) is 29.8 Å². The first-order valence-corrected chi connectivity index (χ1v) is 7.17. The van der Waals surface area contributed by atoms with Crippen LogP contribution in [-0.4, -0.2) is 37.4 Å². The fourth-order valence-electron chi connectivity index (χ4n) is 4.19. The number of carbonyl (C=O) groups excluding carboxylic acids is 1. The minimum Gasteiger partial charge on any atom is -0.363 e. The van der Waals surface area contributed by atoms with E-state index in [2.05, 4.69) is 41.3 Å². The molecule has 0 aliphatic carbocycles. The van der Waals surface area contributed by atoms with Crippen LogP contribution in [-0.2, 0) is 14.3 Å². The maximum Gasteiger partial charge on any atom is 0.218 e. The van der Waals surface area contributed by atoms with Crippen LogP contribution in [0.15, 0.2) is 30.3 Å². The Morgan fingerprint density at radius 2 is 2.15 bits per heavy atom. The Labute approximate surface area is 117 Å². The molecule has 4 heterocycles. The van der Waals surface area contributed by atoms with Crippen molar-refractivity contribution in [3.63, 3.8) is 0 Å². The van der Waals surface area contributed by atoms with E-state index in [1.54, 1.807) is 0 Å². The molecule has 0 spiro atoms. The standard InChI is InChI=1S/C16H15NO3/c18-15-10-7-17-11-4-2-1-3-9(11)5-6-12(17)14(10)13-8-19-16(15)20-13/h1-6,10,12-14,16H,7-8H2/t10-,12-,13-,14+,16+/m1/s1. The number of hydrogen-bond acceptors (Lipinski definition) is 4. The summed E-state index contributed by atoms with van der Waals surface area (Å²) in [5.41, 5.74) is 2.47. The topological polar surface area (TPSA) is 38.8 Å². The average molecular weight is 269 g/mol. The van der Waals surface area contributed by atoms with Gasteiger partial charge in [-0.25, -0.2) is 0 Å². The first-order valence-electron chi connectivity index (χ1n) is 7.17. The highest BCUT2D eigenvalue weighted by Gasteiger charge is 2.57. The van der Waals surface area contributed by atoms with E-state index in [1.807, 2.05) is 0 Å². The fourth-order valence-corrected chi connectivity index (χ4v) is 4.19. The maximum atomic E-state index is 12.4. The van der Waals surface area contributed by atoms with Crippen LogP contribution in [0.2, 0.25) is 0 Å². The van der Waals surface area contributed by atoms with Crippen molar-refractivity contribution in [1.29, 1.82) is 0 Å². The lowest BCUT2D eigenvalue weighted by Crippen LogP contribution is -2.45. The molecule has 0 amide bonds. The number of benzene rings is 1. The van der Waals surface area contributed by atoms with E-state index in [4.69, 9.17) is 9.47 Å². The summed E-state index contributed by atoms with van der Waals surface area (Å²) in [4.78, 5) is 14.8. The number of ether oxygens (including phenoxy) is 2. The van der Waals surface area contributed by atoms with Crippen molar-refractivity contribution in [2.75, 3.05) is 18.1 Å². The summed E-state index contributed by atoms with van der Waals surface area (Å²) in [5, 5.41) is 0. The van der Waals surface area contributed by atoms with Gasteiger partial charge in [0.05, 0.1) is 18.8 Å². The third kappa shape index (κ3) is 1.26. The molecule has 20 heavy (non-hydrogen) atoms. The molecule has 3 saturated heterocycles. The largest absolute Gasteiger partial charge is 0.363 e. The summed E-state index contributed by atoms with van der Waals surface area (Å²) < 4.78 is 11.2. The third-order valence-corrected chi connectivity index (χ3v) is 5.07. The molecule has 0 unspecified atom stereocenters. The SMILES string of the molecule is O=C1[C@H]2OC[C@@H](O2)[C@@H]2[C@H]3C=Cc4ccccc4N3C[C@@H]12. The van der Waals surface area contributed by atoms with Gasteiger partial charge in [0, 0.05) is 24.1 Å². The van der Waals surface area contributed by atoms with Gasteiger partial charge in [-0.3, -0.25) is 4.79 Å². The van der Waals surface area contributed by atoms with Crippen LogP contribution in [0.3, 0.4) is 0 Å². The van der Waals surface area contributed by atoms with E-state index in [1.165, 1.54) is 11.3 Å². The van der Waals surface area contributed by atoms with Gasteiger partial charge in [-0.2, -0.15) is 0 Å². The molecule has 5 atom stereocenters. The fraction of sp³-hybridized carbons (Fsp3) is 0.438. The lowest BCUT2D eigenvalue weighted by molar-refractivity contribution is -0.162. The summed E-state index contributed by atoms with van der Waals surface area (Å²) in [5.74, 6) is 0.400. The van der Waals surface area contributed by atoms with E-state index < -0.39 is 6.29 Å². The van der Waals surface area contributed by atoms with E-state index in [0.717, 1.165) is 6.54 Å². The number of para-hydroxylation sites is 1. The Balaban J connectivity index is 1.60. The molecule has 4 heteroatoms. The van der Waals surface area contributed by atoms with Crippen LogP contribution < -0.4 is 4.90 Å². The molecule has 102 valence electrons. The summed E-state index contributed by atoms with van der Waals surface area (Å²) in [6.45, 7) is 1.34. The monoisotopic (exact) mass is 269 g/mol. The van der Waals surface area contributed by atoms with Crippen LogP contribution in [0.4, 0.5) is 5.69 Å². The lowest BCUT2D eigenvalue weighted by Gasteiger charge is -2.34. The predicted octanol–water partition coefficient (Wildman–Crippen LogP) is 1.46. The van der Waals surface area contributed by atoms with Gasteiger partial charge >= 0.3 is 0 Å². The molecular formula is C16H15NO3. The number of nitrogens with zero attached hydrogens (tertiary/aromatic N) is 1. The molecule has 2 bridgehead atoms. The first kappa shape index (κ1) is 11.1. The summed E-state index contributed by atoms with van der Waals surface area (Å²) in [6.07, 6.45) is 3.85. The molecule has 1 aromatic rings. The second-order valence-corrected chi connectivity index (χ2v) is 5.99. The Kier molecular flexibility index (Phi) is 2.05. The van der Waals surface area contributed by atoms with Gasteiger partial charge in [-0.05, 0) is 11.6 Å². The van der Waals surface area contributed by atoms with Gasteiger partial charge in [-0.15, -0.1) is 0 Å². The minimum absolute atomic E-state index is 0.0436. The number of anilines is 1. The van der Waals surface area contributed by atoms with E-state index in [9.17, 15) is 4.79 Å². The third-order valence-electron chi connectivity index (χ3n) is 5.07. The Hall–Kier alpha value is -1.65. The highest BCUT2D eigenvalue weighted by atomic mass is 16.7. The van der Waals surface area contributed by atoms with Gasteiger partial charge in [0.15, 0.2) is 5.78 Å². The van der Waals surface area contributed by atoms with Gasteiger partial charge in [0.2, 0.25) is 6.29 Å². The number of ketones is 1. The first-order chi connectivity index (χ1) is 9.83. The van der Waals surface area contributed by atoms with Gasteiger partial charge in [0.1, 0.15) is 0 Å².